The van der Waals surface area contributed by atoms with Crippen molar-refractivity contribution in [3.05, 3.63) is 54.2 Å². The highest BCUT2D eigenvalue weighted by molar-refractivity contribution is 5.92. The second-order valence-electron chi connectivity index (χ2n) is 8.12. The minimum absolute atomic E-state index is 0.339. The third kappa shape index (κ3) is 3.63. The zero-order chi connectivity index (χ0) is 21.4. The van der Waals surface area contributed by atoms with Gasteiger partial charge in [-0.05, 0) is 55.1 Å². The number of benzene rings is 1. The van der Waals surface area contributed by atoms with Gasteiger partial charge in [0.1, 0.15) is 11.8 Å². The van der Waals surface area contributed by atoms with Crippen LogP contribution in [0.2, 0.25) is 0 Å². The third-order valence-electron chi connectivity index (χ3n) is 6.21. The largest absolute Gasteiger partial charge is 0.393 e. The molecule has 0 spiro atoms. The Hall–Kier alpha value is -3.07. The average molecular weight is 419 g/mol. The Morgan fingerprint density at radius 2 is 1.94 bits per heavy atom. The number of aromatic nitrogens is 4. The summed E-state index contributed by atoms with van der Waals surface area (Å²) in [5.74, 6) is 1.24. The standard InChI is InChI=1S/C23H26N6O2/c24-13-15-6-9-28(10-7-15)19-3-1-2-16-4-5-18(25-22(16)19)23-27-26-21-12-17(20(31)14-30)8-11-29(21)23/h1-5,8,11-12,15,20,30-31H,6-7,9-10,13-14,24H2. The second kappa shape index (κ2) is 8.22. The lowest BCUT2D eigenvalue weighted by atomic mass is 9.96. The van der Waals surface area contributed by atoms with Gasteiger partial charge in [0.25, 0.3) is 0 Å². The lowest BCUT2D eigenvalue weighted by Crippen LogP contribution is -2.36. The van der Waals surface area contributed by atoms with E-state index in [4.69, 9.17) is 10.7 Å². The first-order valence-electron chi connectivity index (χ1n) is 10.7. The van der Waals surface area contributed by atoms with E-state index in [1.54, 1.807) is 18.3 Å². The van der Waals surface area contributed by atoms with Crippen molar-refractivity contribution < 1.29 is 10.2 Å². The Kier molecular flexibility index (Phi) is 5.27. The van der Waals surface area contributed by atoms with Crippen LogP contribution in [-0.4, -0.2) is 56.0 Å². The Morgan fingerprint density at radius 3 is 2.71 bits per heavy atom. The molecule has 1 aromatic carbocycles. The number of nitrogens with two attached hydrogens (primary N) is 1. The van der Waals surface area contributed by atoms with E-state index in [2.05, 4.69) is 39.4 Å². The Morgan fingerprint density at radius 1 is 1.10 bits per heavy atom. The summed E-state index contributed by atoms with van der Waals surface area (Å²) < 4.78 is 1.84. The van der Waals surface area contributed by atoms with Crippen LogP contribution in [0.1, 0.15) is 24.5 Å². The van der Waals surface area contributed by atoms with Gasteiger partial charge in [-0.3, -0.25) is 4.40 Å². The normalized spacial score (nSPS) is 16.3. The molecule has 31 heavy (non-hydrogen) atoms. The van der Waals surface area contributed by atoms with Gasteiger partial charge in [-0.1, -0.05) is 18.2 Å². The minimum atomic E-state index is -0.935. The topological polar surface area (TPSA) is 113 Å². The van der Waals surface area contributed by atoms with Crippen molar-refractivity contribution in [3.8, 4) is 11.5 Å². The summed E-state index contributed by atoms with van der Waals surface area (Å²) in [6, 6.07) is 13.8. The molecule has 4 N–H and O–H groups in total. The van der Waals surface area contributed by atoms with Crippen LogP contribution in [0.3, 0.4) is 0 Å². The molecule has 3 aromatic heterocycles. The molecule has 0 aliphatic carbocycles. The fourth-order valence-corrected chi connectivity index (χ4v) is 4.31. The molecule has 4 aromatic rings. The van der Waals surface area contributed by atoms with Crippen LogP contribution in [0.15, 0.2) is 48.7 Å². The summed E-state index contributed by atoms with van der Waals surface area (Å²) in [7, 11) is 0. The van der Waals surface area contributed by atoms with Crippen LogP contribution >= 0.6 is 0 Å². The molecule has 8 nitrogen and oxygen atoms in total. The first kappa shape index (κ1) is 19.9. The predicted octanol–water partition coefficient (Wildman–Crippen LogP) is 2.15. The first-order valence-corrected chi connectivity index (χ1v) is 10.7. The molecule has 1 saturated heterocycles. The monoisotopic (exact) mass is 418 g/mol. The van der Waals surface area contributed by atoms with E-state index in [0.29, 0.717) is 23.0 Å². The smallest absolute Gasteiger partial charge is 0.187 e. The SMILES string of the molecule is NCC1CCN(c2cccc3ccc(-c4nnc5cc(C(O)CO)ccn45)nc23)CC1. The van der Waals surface area contributed by atoms with Gasteiger partial charge in [-0.15, -0.1) is 10.2 Å². The molecule has 0 saturated carbocycles. The molecule has 0 radical (unpaired) electrons. The number of aliphatic hydroxyl groups excluding tert-OH is 2. The molecular weight excluding hydrogens is 392 g/mol. The fourth-order valence-electron chi connectivity index (χ4n) is 4.31. The summed E-state index contributed by atoms with van der Waals surface area (Å²) in [5, 5.41) is 28.7. The van der Waals surface area contributed by atoms with Gasteiger partial charge < -0.3 is 20.8 Å². The highest BCUT2D eigenvalue weighted by Gasteiger charge is 2.21. The van der Waals surface area contributed by atoms with Crippen molar-refractivity contribution in [1.29, 1.82) is 0 Å². The van der Waals surface area contributed by atoms with Crippen LogP contribution < -0.4 is 10.6 Å². The van der Waals surface area contributed by atoms with E-state index in [-0.39, 0.29) is 6.61 Å². The van der Waals surface area contributed by atoms with E-state index in [1.165, 1.54) is 0 Å². The molecule has 5 rings (SSSR count). The number of pyridine rings is 2. The van der Waals surface area contributed by atoms with Crippen molar-refractivity contribution >= 4 is 22.2 Å². The number of fused-ring (bicyclic) bond motifs is 2. The molecular formula is C23H26N6O2. The van der Waals surface area contributed by atoms with Crippen molar-refractivity contribution in [3.63, 3.8) is 0 Å². The number of para-hydroxylation sites is 1. The van der Waals surface area contributed by atoms with Gasteiger partial charge in [0, 0.05) is 24.7 Å². The molecule has 1 atom stereocenters. The van der Waals surface area contributed by atoms with Crippen LogP contribution in [0, 0.1) is 5.92 Å². The van der Waals surface area contributed by atoms with Crippen molar-refractivity contribution in [2.45, 2.75) is 18.9 Å². The summed E-state index contributed by atoms with van der Waals surface area (Å²) in [6.45, 7) is 2.38. The van der Waals surface area contributed by atoms with E-state index < -0.39 is 6.10 Å². The van der Waals surface area contributed by atoms with Gasteiger partial charge in [0.05, 0.1) is 17.8 Å². The van der Waals surface area contributed by atoms with Gasteiger partial charge >= 0.3 is 0 Å². The highest BCUT2D eigenvalue weighted by Crippen LogP contribution is 2.31. The maximum Gasteiger partial charge on any atom is 0.187 e. The van der Waals surface area contributed by atoms with E-state index in [0.717, 1.165) is 54.8 Å². The molecule has 1 aliphatic rings. The molecule has 1 fully saturated rings. The zero-order valence-electron chi connectivity index (χ0n) is 17.2. The third-order valence-corrected chi connectivity index (χ3v) is 6.21. The van der Waals surface area contributed by atoms with Crippen LogP contribution in [0.4, 0.5) is 5.69 Å². The van der Waals surface area contributed by atoms with Gasteiger partial charge in [0.15, 0.2) is 11.5 Å². The lowest BCUT2D eigenvalue weighted by molar-refractivity contribution is 0.0956. The zero-order valence-corrected chi connectivity index (χ0v) is 17.2. The van der Waals surface area contributed by atoms with Crippen LogP contribution in [0.5, 0.6) is 0 Å². The van der Waals surface area contributed by atoms with Crippen molar-refractivity contribution in [1.82, 2.24) is 19.6 Å². The maximum atomic E-state index is 9.89. The lowest BCUT2D eigenvalue weighted by Gasteiger charge is -2.33. The average Bonchev–Trinajstić information content (AvgIpc) is 3.26. The Bertz CT molecular complexity index is 1220. The molecule has 160 valence electrons. The predicted molar refractivity (Wildman–Crippen MR) is 120 cm³/mol. The number of nitrogens with zero attached hydrogens (tertiary/aromatic N) is 5. The Balaban J connectivity index is 1.54. The number of anilines is 1. The van der Waals surface area contributed by atoms with Gasteiger partial charge in [-0.2, -0.15) is 0 Å². The first-order chi connectivity index (χ1) is 15.2. The number of piperidine rings is 1. The minimum Gasteiger partial charge on any atom is -0.393 e. The van der Waals surface area contributed by atoms with E-state index >= 15 is 0 Å². The molecule has 0 amide bonds. The summed E-state index contributed by atoms with van der Waals surface area (Å²) in [4.78, 5) is 7.38. The number of rotatable bonds is 5. The summed E-state index contributed by atoms with van der Waals surface area (Å²) in [6.07, 6.45) is 3.07. The number of hydrogen-bond acceptors (Lipinski definition) is 7. The molecule has 1 aliphatic heterocycles. The maximum absolute atomic E-state index is 9.89. The van der Waals surface area contributed by atoms with Gasteiger partial charge in [0.2, 0.25) is 0 Å². The van der Waals surface area contributed by atoms with Crippen molar-refractivity contribution in [2.24, 2.45) is 11.7 Å². The van der Waals surface area contributed by atoms with Crippen molar-refractivity contribution in [2.75, 3.05) is 31.1 Å². The second-order valence-corrected chi connectivity index (χ2v) is 8.12. The van der Waals surface area contributed by atoms with Crippen LogP contribution in [-0.2, 0) is 0 Å². The summed E-state index contributed by atoms with van der Waals surface area (Å²) in [5.41, 5.74) is 9.88. The quantitative estimate of drug-likeness (QED) is 0.455. The fraction of sp³-hybridized carbons (Fsp3) is 0.348. The number of hydrogen-bond donors (Lipinski definition) is 3. The number of aliphatic hydroxyl groups is 2. The molecule has 0 bridgehead atoms. The molecule has 4 heterocycles. The van der Waals surface area contributed by atoms with Gasteiger partial charge in [-0.25, -0.2) is 4.98 Å². The summed E-state index contributed by atoms with van der Waals surface area (Å²) >= 11 is 0. The highest BCUT2D eigenvalue weighted by atomic mass is 16.3. The van der Waals surface area contributed by atoms with E-state index in [1.807, 2.05) is 10.5 Å². The molecule has 8 heteroatoms. The van der Waals surface area contributed by atoms with Crippen LogP contribution in [0.25, 0.3) is 28.1 Å². The Labute approximate surface area is 180 Å². The molecule has 1 unspecified atom stereocenters. The van der Waals surface area contributed by atoms with E-state index in [9.17, 15) is 10.2 Å².